The molecule has 2 aromatic heterocycles. The Morgan fingerprint density at radius 2 is 1.61 bits per heavy atom. The highest BCUT2D eigenvalue weighted by Crippen LogP contribution is 2.35. The van der Waals surface area contributed by atoms with Crippen molar-refractivity contribution in [1.29, 1.82) is 0 Å². The number of aromatic nitrogens is 2. The molecule has 0 radical (unpaired) electrons. The van der Waals surface area contributed by atoms with Crippen LogP contribution in [0.15, 0.2) is 67.1 Å². The number of anilines is 1. The first-order valence-electron chi connectivity index (χ1n) is 15.0. The lowest BCUT2D eigenvalue weighted by Crippen LogP contribution is -2.60. The molecule has 2 heterocycles. The van der Waals surface area contributed by atoms with Crippen LogP contribution in [0.1, 0.15) is 107 Å². The SMILES string of the molecule is CC(C)c1cccc(C(C)C)c1NC(=O)NC(C)(Cc1cccnc1)C(=O)NC(c1ccccn1)C1CCCCC1. The molecule has 1 aliphatic carbocycles. The number of hydrogen-bond acceptors (Lipinski definition) is 4. The predicted octanol–water partition coefficient (Wildman–Crippen LogP) is 7.28. The lowest BCUT2D eigenvalue weighted by molar-refractivity contribution is -0.128. The van der Waals surface area contributed by atoms with Crippen molar-refractivity contribution in [1.82, 2.24) is 20.6 Å². The molecule has 7 nitrogen and oxygen atoms in total. The minimum atomic E-state index is -1.24. The van der Waals surface area contributed by atoms with E-state index in [9.17, 15) is 9.59 Å². The molecular formula is C34H45N5O2. The highest BCUT2D eigenvalue weighted by atomic mass is 16.2. The van der Waals surface area contributed by atoms with Crippen LogP contribution in [0.3, 0.4) is 0 Å². The number of nitrogens with one attached hydrogen (secondary N) is 3. The van der Waals surface area contributed by atoms with E-state index in [1.807, 2.05) is 36.4 Å². The molecular weight excluding hydrogens is 510 g/mol. The van der Waals surface area contributed by atoms with Gasteiger partial charge in [0, 0.05) is 30.7 Å². The summed E-state index contributed by atoms with van der Waals surface area (Å²) in [5.74, 6) is 0.511. The fourth-order valence-corrected chi connectivity index (χ4v) is 5.94. The molecule has 218 valence electrons. The number of benzene rings is 1. The molecule has 2 unspecified atom stereocenters. The minimum Gasteiger partial charge on any atom is -0.345 e. The van der Waals surface area contributed by atoms with Crippen LogP contribution in [0.4, 0.5) is 10.5 Å². The Kier molecular flexibility index (Phi) is 10.1. The van der Waals surface area contributed by atoms with Crippen molar-refractivity contribution in [2.75, 3.05) is 5.32 Å². The van der Waals surface area contributed by atoms with E-state index in [4.69, 9.17) is 0 Å². The second-order valence-corrected chi connectivity index (χ2v) is 12.2. The molecule has 0 bridgehead atoms. The van der Waals surface area contributed by atoms with Gasteiger partial charge in [-0.1, -0.05) is 77.3 Å². The minimum absolute atomic E-state index is 0.226. The fraction of sp³-hybridized carbons (Fsp3) is 0.471. The van der Waals surface area contributed by atoms with Crippen molar-refractivity contribution in [3.8, 4) is 0 Å². The third-order valence-electron chi connectivity index (χ3n) is 8.20. The molecule has 0 spiro atoms. The third kappa shape index (κ3) is 7.72. The van der Waals surface area contributed by atoms with E-state index in [1.165, 1.54) is 6.42 Å². The van der Waals surface area contributed by atoms with Crippen LogP contribution < -0.4 is 16.0 Å². The number of amides is 3. The number of rotatable bonds is 10. The van der Waals surface area contributed by atoms with E-state index in [-0.39, 0.29) is 23.8 Å². The Labute approximate surface area is 245 Å². The number of urea groups is 1. The van der Waals surface area contributed by atoms with Gasteiger partial charge < -0.3 is 16.0 Å². The van der Waals surface area contributed by atoms with Crippen LogP contribution in [0.5, 0.6) is 0 Å². The fourth-order valence-electron chi connectivity index (χ4n) is 5.94. The molecule has 1 aliphatic rings. The van der Waals surface area contributed by atoms with E-state index in [0.717, 1.165) is 53.8 Å². The Bertz CT molecular complexity index is 1260. The summed E-state index contributed by atoms with van der Waals surface area (Å²) in [5.41, 5.74) is 3.43. The van der Waals surface area contributed by atoms with Gasteiger partial charge in [0.1, 0.15) is 5.54 Å². The molecule has 3 N–H and O–H groups in total. The van der Waals surface area contributed by atoms with Crippen molar-refractivity contribution in [3.63, 3.8) is 0 Å². The summed E-state index contributed by atoms with van der Waals surface area (Å²) in [7, 11) is 0. The van der Waals surface area contributed by atoms with Gasteiger partial charge in [0.2, 0.25) is 5.91 Å². The number of pyridine rings is 2. The van der Waals surface area contributed by atoms with E-state index in [0.29, 0.717) is 12.3 Å². The van der Waals surface area contributed by atoms with Crippen molar-refractivity contribution < 1.29 is 9.59 Å². The topological polar surface area (TPSA) is 96.0 Å². The zero-order valence-corrected chi connectivity index (χ0v) is 25.1. The average Bonchev–Trinajstić information content (AvgIpc) is 2.97. The third-order valence-corrected chi connectivity index (χ3v) is 8.20. The zero-order valence-electron chi connectivity index (χ0n) is 25.1. The molecule has 4 rings (SSSR count). The van der Waals surface area contributed by atoms with Crippen molar-refractivity contribution >= 4 is 17.6 Å². The number of para-hydroxylation sites is 1. The molecule has 2 atom stereocenters. The largest absolute Gasteiger partial charge is 0.345 e. The van der Waals surface area contributed by atoms with E-state index < -0.39 is 11.6 Å². The van der Waals surface area contributed by atoms with Gasteiger partial charge in [-0.15, -0.1) is 0 Å². The standard InChI is InChI=1S/C34H45N5O2/c1-23(2)27-16-11-17-28(24(3)4)31(27)38-33(41)39-34(5,21-25-13-12-19-35-22-25)32(40)37-30(26-14-7-6-8-15-26)29-18-9-10-20-36-29/h9-13,16-20,22-24,26,30H,6-8,14-15,21H2,1-5H3,(H,37,40)(H2,38,39,41). The summed E-state index contributed by atoms with van der Waals surface area (Å²) in [6.07, 6.45) is 11.1. The summed E-state index contributed by atoms with van der Waals surface area (Å²) in [5, 5.41) is 9.53. The molecule has 1 aromatic carbocycles. The van der Waals surface area contributed by atoms with Gasteiger partial charge in [-0.2, -0.15) is 0 Å². The molecule has 0 aliphatic heterocycles. The summed E-state index contributed by atoms with van der Waals surface area (Å²) in [6.45, 7) is 10.3. The molecule has 0 saturated heterocycles. The summed E-state index contributed by atoms with van der Waals surface area (Å²) in [6, 6.07) is 15.1. The summed E-state index contributed by atoms with van der Waals surface area (Å²) in [4.78, 5) is 36.8. The maximum absolute atomic E-state index is 14.2. The molecule has 1 fully saturated rings. The van der Waals surface area contributed by atoms with Crippen LogP contribution in [0.25, 0.3) is 0 Å². The number of nitrogens with zero attached hydrogens (tertiary/aromatic N) is 2. The first-order valence-corrected chi connectivity index (χ1v) is 15.0. The number of hydrogen-bond donors (Lipinski definition) is 3. The highest BCUT2D eigenvalue weighted by Gasteiger charge is 2.39. The second-order valence-electron chi connectivity index (χ2n) is 12.2. The van der Waals surface area contributed by atoms with Gasteiger partial charge in [0.25, 0.3) is 0 Å². The predicted molar refractivity (Wildman–Crippen MR) is 165 cm³/mol. The first kappa shape index (κ1) is 30.2. The highest BCUT2D eigenvalue weighted by molar-refractivity contribution is 5.97. The van der Waals surface area contributed by atoms with Gasteiger partial charge in [-0.3, -0.25) is 14.8 Å². The quantitative estimate of drug-likeness (QED) is 0.245. The number of carbonyl (C=O) groups excluding carboxylic acids is 2. The lowest BCUT2D eigenvalue weighted by atomic mass is 9.81. The van der Waals surface area contributed by atoms with Crippen LogP contribution >= 0.6 is 0 Å². The first-order chi connectivity index (χ1) is 19.7. The van der Waals surface area contributed by atoms with Gasteiger partial charge in [0.15, 0.2) is 0 Å². The van der Waals surface area contributed by atoms with Gasteiger partial charge in [0.05, 0.1) is 11.7 Å². The van der Waals surface area contributed by atoms with Crippen molar-refractivity contribution in [2.24, 2.45) is 5.92 Å². The monoisotopic (exact) mass is 555 g/mol. The van der Waals surface area contributed by atoms with Gasteiger partial charge in [-0.05, 0) is 72.4 Å². The molecule has 1 saturated carbocycles. The zero-order chi connectivity index (χ0) is 29.4. The van der Waals surface area contributed by atoms with E-state index in [1.54, 1.807) is 25.5 Å². The maximum atomic E-state index is 14.2. The Hall–Kier alpha value is -3.74. The smallest absolute Gasteiger partial charge is 0.320 e. The Morgan fingerprint density at radius 1 is 0.902 bits per heavy atom. The molecule has 3 amide bonds. The normalized spacial score (nSPS) is 16.2. The average molecular weight is 556 g/mol. The van der Waals surface area contributed by atoms with Crippen LogP contribution in [0, 0.1) is 5.92 Å². The van der Waals surface area contributed by atoms with Gasteiger partial charge in [-0.25, -0.2) is 4.79 Å². The van der Waals surface area contributed by atoms with Crippen molar-refractivity contribution in [3.05, 3.63) is 89.5 Å². The molecule has 41 heavy (non-hydrogen) atoms. The maximum Gasteiger partial charge on any atom is 0.320 e. The van der Waals surface area contributed by atoms with Crippen molar-refractivity contribution in [2.45, 2.75) is 96.6 Å². The molecule has 7 heteroatoms. The Balaban J connectivity index is 1.64. The number of carbonyl (C=O) groups is 2. The molecule has 3 aromatic rings. The van der Waals surface area contributed by atoms with Crippen LogP contribution in [-0.2, 0) is 11.2 Å². The summed E-state index contributed by atoms with van der Waals surface area (Å²) < 4.78 is 0. The van der Waals surface area contributed by atoms with Crippen LogP contribution in [-0.4, -0.2) is 27.4 Å². The second kappa shape index (κ2) is 13.7. The van der Waals surface area contributed by atoms with E-state index >= 15 is 0 Å². The van der Waals surface area contributed by atoms with Gasteiger partial charge >= 0.3 is 6.03 Å². The Morgan fingerprint density at radius 3 is 2.20 bits per heavy atom. The van der Waals surface area contributed by atoms with Crippen LogP contribution in [0.2, 0.25) is 0 Å². The summed E-state index contributed by atoms with van der Waals surface area (Å²) >= 11 is 0. The lowest BCUT2D eigenvalue weighted by Gasteiger charge is -2.35. The van der Waals surface area contributed by atoms with E-state index in [2.05, 4.69) is 65.7 Å².